The van der Waals surface area contributed by atoms with Gasteiger partial charge in [0.05, 0.1) is 7.11 Å². The summed E-state index contributed by atoms with van der Waals surface area (Å²) in [5.74, 6) is 1.58. The van der Waals surface area contributed by atoms with Gasteiger partial charge in [0.25, 0.3) is 0 Å². The lowest BCUT2D eigenvalue weighted by molar-refractivity contribution is 0.306. The van der Waals surface area contributed by atoms with Crippen LogP contribution in [0, 0.1) is 0 Å². The zero-order valence-corrected chi connectivity index (χ0v) is 12.2. The van der Waals surface area contributed by atoms with Crippen LogP contribution in [0.5, 0.6) is 11.5 Å². The van der Waals surface area contributed by atoms with E-state index in [1.807, 2.05) is 36.4 Å². The summed E-state index contributed by atoms with van der Waals surface area (Å²) in [5, 5.41) is 0.647. The lowest BCUT2D eigenvalue weighted by Crippen LogP contribution is -1.95. The van der Waals surface area contributed by atoms with Gasteiger partial charge in [-0.15, -0.1) is 0 Å². The topological polar surface area (TPSA) is 18.5 Å². The standard InChI is InChI=1S/C14H12BrClO2/c1-17-13-4-2-10(3-5-13)9-18-14-7-11(15)6-12(16)8-14/h2-8H,9H2,1H3. The second-order valence-corrected chi connectivity index (χ2v) is 5.09. The van der Waals surface area contributed by atoms with Crippen molar-refractivity contribution in [2.24, 2.45) is 0 Å². The summed E-state index contributed by atoms with van der Waals surface area (Å²) in [6, 6.07) is 13.3. The van der Waals surface area contributed by atoms with E-state index in [-0.39, 0.29) is 0 Å². The maximum absolute atomic E-state index is 5.94. The lowest BCUT2D eigenvalue weighted by atomic mass is 10.2. The van der Waals surface area contributed by atoms with Crippen LogP contribution in [0.2, 0.25) is 5.02 Å². The van der Waals surface area contributed by atoms with Crippen LogP contribution in [0.15, 0.2) is 46.9 Å². The maximum Gasteiger partial charge on any atom is 0.122 e. The third-order valence-corrected chi connectivity index (χ3v) is 3.08. The molecule has 0 heterocycles. The third-order valence-electron chi connectivity index (χ3n) is 2.40. The molecule has 2 aromatic rings. The minimum atomic E-state index is 0.497. The zero-order valence-electron chi connectivity index (χ0n) is 9.82. The quantitative estimate of drug-likeness (QED) is 0.811. The first kappa shape index (κ1) is 13.2. The number of methoxy groups -OCH3 is 1. The minimum Gasteiger partial charge on any atom is -0.497 e. The van der Waals surface area contributed by atoms with Gasteiger partial charge in [0.1, 0.15) is 18.1 Å². The van der Waals surface area contributed by atoms with E-state index in [9.17, 15) is 0 Å². The third kappa shape index (κ3) is 3.65. The fourth-order valence-corrected chi connectivity index (χ4v) is 2.33. The summed E-state index contributed by atoms with van der Waals surface area (Å²) in [5.41, 5.74) is 1.08. The Labute approximate surface area is 120 Å². The molecule has 0 bridgehead atoms. The highest BCUT2D eigenvalue weighted by Gasteiger charge is 2.00. The molecule has 0 saturated carbocycles. The smallest absolute Gasteiger partial charge is 0.122 e. The molecule has 0 spiro atoms. The minimum absolute atomic E-state index is 0.497. The van der Waals surface area contributed by atoms with Crippen molar-refractivity contribution in [2.45, 2.75) is 6.61 Å². The van der Waals surface area contributed by atoms with E-state index < -0.39 is 0 Å². The highest BCUT2D eigenvalue weighted by atomic mass is 79.9. The van der Waals surface area contributed by atoms with Crippen LogP contribution in [0.4, 0.5) is 0 Å². The summed E-state index contributed by atoms with van der Waals surface area (Å²) in [6.07, 6.45) is 0. The largest absolute Gasteiger partial charge is 0.497 e. The number of halogens is 2. The van der Waals surface area contributed by atoms with Gasteiger partial charge in [0, 0.05) is 9.50 Å². The van der Waals surface area contributed by atoms with E-state index >= 15 is 0 Å². The SMILES string of the molecule is COc1ccc(COc2cc(Cl)cc(Br)c2)cc1. The Hall–Kier alpha value is -1.19. The second kappa shape index (κ2) is 6.12. The molecule has 4 heteroatoms. The Morgan fingerprint density at radius 2 is 1.78 bits per heavy atom. The highest BCUT2D eigenvalue weighted by molar-refractivity contribution is 9.10. The van der Waals surface area contributed by atoms with Crippen molar-refractivity contribution in [3.63, 3.8) is 0 Å². The van der Waals surface area contributed by atoms with Crippen LogP contribution in [0.3, 0.4) is 0 Å². The fraction of sp³-hybridized carbons (Fsp3) is 0.143. The van der Waals surface area contributed by atoms with Gasteiger partial charge >= 0.3 is 0 Å². The zero-order chi connectivity index (χ0) is 13.0. The van der Waals surface area contributed by atoms with Gasteiger partial charge in [-0.05, 0) is 35.9 Å². The predicted molar refractivity (Wildman–Crippen MR) is 76.5 cm³/mol. The molecule has 0 atom stereocenters. The average molecular weight is 328 g/mol. The second-order valence-electron chi connectivity index (χ2n) is 3.74. The maximum atomic E-state index is 5.94. The highest BCUT2D eigenvalue weighted by Crippen LogP contribution is 2.25. The first-order valence-corrected chi connectivity index (χ1v) is 6.56. The van der Waals surface area contributed by atoms with E-state index in [0.717, 1.165) is 21.5 Å². The summed E-state index contributed by atoms with van der Waals surface area (Å²) in [4.78, 5) is 0. The molecule has 0 aliphatic heterocycles. The van der Waals surface area contributed by atoms with E-state index in [0.29, 0.717) is 11.6 Å². The van der Waals surface area contributed by atoms with Crippen LogP contribution < -0.4 is 9.47 Å². The van der Waals surface area contributed by atoms with Crippen LogP contribution in [0.25, 0.3) is 0 Å². The molecule has 0 aliphatic carbocycles. The van der Waals surface area contributed by atoms with E-state index in [2.05, 4.69) is 15.9 Å². The number of rotatable bonds is 4. The Bertz CT molecular complexity index is 506. The van der Waals surface area contributed by atoms with Gasteiger partial charge in [-0.1, -0.05) is 39.7 Å². The molecule has 2 rings (SSSR count). The van der Waals surface area contributed by atoms with Gasteiger partial charge in [-0.3, -0.25) is 0 Å². The average Bonchev–Trinajstić information content (AvgIpc) is 2.36. The van der Waals surface area contributed by atoms with Gasteiger partial charge in [0.2, 0.25) is 0 Å². The van der Waals surface area contributed by atoms with Crippen LogP contribution in [0.1, 0.15) is 5.56 Å². The van der Waals surface area contributed by atoms with Crippen LogP contribution in [-0.4, -0.2) is 7.11 Å². The number of hydrogen-bond donors (Lipinski definition) is 0. The van der Waals surface area contributed by atoms with Crippen LogP contribution >= 0.6 is 27.5 Å². The lowest BCUT2D eigenvalue weighted by Gasteiger charge is -2.08. The van der Waals surface area contributed by atoms with Crippen molar-refractivity contribution in [1.29, 1.82) is 0 Å². The summed E-state index contributed by atoms with van der Waals surface area (Å²) in [6.45, 7) is 0.497. The first-order valence-electron chi connectivity index (χ1n) is 5.39. The molecule has 0 N–H and O–H groups in total. The molecule has 2 aromatic carbocycles. The molecular formula is C14H12BrClO2. The van der Waals surface area contributed by atoms with Crippen molar-refractivity contribution < 1.29 is 9.47 Å². The Morgan fingerprint density at radius 1 is 1.06 bits per heavy atom. The van der Waals surface area contributed by atoms with Crippen molar-refractivity contribution in [3.8, 4) is 11.5 Å². The van der Waals surface area contributed by atoms with Gasteiger partial charge < -0.3 is 9.47 Å². The van der Waals surface area contributed by atoms with Crippen molar-refractivity contribution in [2.75, 3.05) is 7.11 Å². The van der Waals surface area contributed by atoms with Crippen molar-refractivity contribution in [1.82, 2.24) is 0 Å². The number of hydrogen-bond acceptors (Lipinski definition) is 2. The first-order chi connectivity index (χ1) is 8.67. The van der Waals surface area contributed by atoms with Crippen molar-refractivity contribution in [3.05, 3.63) is 57.5 Å². The Kier molecular flexibility index (Phi) is 4.50. The predicted octanol–water partition coefficient (Wildman–Crippen LogP) is 4.69. The van der Waals surface area contributed by atoms with E-state index in [1.54, 1.807) is 13.2 Å². The fourth-order valence-electron chi connectivity index (χ4n) is 1.50. The molecule has 0 fully saturated rings. The molecule has 18 heavy (non-hydrogen) atoms. The Morgan fingerprint density at radius 3 is 2.39 bits per heavy atom. The van der Waals surface area contributed by atoms with Gasteiger partial charge in [-0.25, -0.2) is 0 Å². The number of benzene rings is 2. The van der Waals surface area contributed by atoms with Crippen LogP contribution in [-0.2, 0) is 6.61 Å². The van der Waals surface area contributed by atoms with Crippen molar-refractivity contribution >= 4 is 27.5 Å². The molecular weight excluding hydrogens is 316 g/mol. The summed E-state index contributed by atoms with van der Waals surface area (Å²) < 4.78 is 11.7. The molecule has 0 amide bonds. The van der Waals surface area contributed by atoms with Gasteiger partial charge in [0.15, 0.2) is 0 Å². The Balaban J connectivity index is 2.01. The van der Waals surface area contributed by atoms with E-state index in [1.165, 1.54) is 0 Å². The monoisotopic (exact) mass is 326 g/mol. The summed E-state index contributed by atoms with van der Waals surface area (Å²) in [7, 11) is 1.65. The molecule has 0 saturated heterocycles. The molecule has 94 valence electrons. The summed E-state index contributed by atoms with van der Waals surface area (Å²) >= 11 is 9.32. The van der Waals surface area contributed by atoms with E-state index in [4.69, 9.17) is 21.1 Å². The molecule has 0 radical (unpaired) electrons. The molecule has 0 aliphatic rings. The molecule has 0 aromatic heterocycles. The normalized spacial score (nSPS) is 10.2. The molecule has 2 nitrogen and oxygen atoms in total. The van der Waals surface area contributed by atoms with Gasteiger partial charge in [-0.2, -0.15) is 0 Å². The molecule has 0 unspecified atom stereocenters. The number of ether oxygens (including phenoxy) is 2.